The second-order valence-corrected chi connectivity index (χ2v) is 7.87. The lowest BCUT2D eigenvalue weighted by Crippen LogP contribution is -2.23. The summed E-state index contributed by atoms with van der Waals surface area (Å²) in [5.41, 5.74) is 0.536. The van der Waals surface area contributed by atoms with Crippen LogP contribution in [-0.4, -0.2) is 31.4 Å². The van der Waals surface area contributed by atoms with Gasteiger partial charge >= 0.3 is 0 Å². The number of halogens is 2. The van der Waals surface area contributed by atoms with E-state index in [0.717, 1.165) is 12.8 Å². The topological polar surface area (TPSA) is 72.7 Å². The van der Waals surface area contributed by atoms with Crippen LogP contribution in [0.15, 0.2) is 23.4 Å². The molecule has 0 bridgehead atoms. The van der Waals surface area contributed by atoms with E-state index in [1.54, 1.807) is 18.2 Å². The minimum atomic E-state index is -0.358. The molecule has 1 amide bonds. The first-order chi connectivity index (χ1) is 11.5. The first-order valence-corrected chi connectivity index (χ1v) is 9.38. The van der Waals surface area contributed by atoms with Crippen molar-refractivity contribution in [2.45, 2.75) is 49.1 Å². The molecule has 2 aromatic rings. The van der Waals surface area contributed by atoms with Crippen molar-refractivity contribution >= 4 is 46.6 Å². The van der Waals surface area contributed by atoms with E-state index in [2.05, 4.69) is 20.8 Å². The summed E-state index contributed by atoms with van der Waals surface area (Å²) >= 11 is 13.3. The minimum absolute atomic E-state index is 0.162. The second-order valence-electron chi connectivity index (χ2n) is 5.72. The standard InChI is InChI=1S/C15H17Cl2N5OS/c1-9(14(23)18-13-7-6-10(16)8-12(13)17)24-15-19-20-21-22(15)11-4-2-3-5-11/h6-9,11H,2-5H2,1H3,(H,18,23). The Morgan fingerprint density at radius 2 is 2.12 bits per heavy atom. The number of anilines is 1. The van der Waals surface area contributed by atoms with Crippen LogP contribution in [0.5, 0.6) is 0 Å². The van der Waals surface area contributed by atoms with Gasteiger partial charge in [0.25, 0.3) is 0 Å². The van der Waals surface area contributed by atoms with Gasteiger partial charge in [-0.15, -0.1) is 5.10 Å². The first-order valence-electron chi connectivity index (χ1n) is 7.75. The van der Waals surface area contributed by atoms with Gasteiger partial charge in [0.15, 0.2) is 0 Å². The number of amides is 1. The highest BCUT2D eigenvalue weighted by molar-refractivity contribution is 8.00. The van der Waals surface area contributed by atoms with Crippen molar-refractivity contribution in [1.82, 2.24) is 20.2 Å². The highest BCUT2D eigenvalue weighted by Gasteiger charge is 2.24. The van der Waals surface area contributed by atoms with Gasteiger partial charge in [-0.1, -0.05) is 47.8 Å². The fraction of sp³-hybridized carbons (Fsp3) is 0.467. The van der Waals surface area contributed by atoms with Gasteiger partial charge in [-0.2, -0.15) is 0 Å². The third kappa shape index (κ3) is 4.02. The Kier molecular flexibility index (Phi) is 5.63. The number of nitrogens with zero attached hydrogens (tertiary/aromatic N) is 4. The number of tetrazole rings is 1. The SMILES string of the molecule is CC(Sc1nnnn1C1CCCC1)C(=O)Nc1ccc(Cl)cc1Cl. The molecule has 9 heteroatoms. The van der Waals surface area contributed by atoms with Crippen LogP contribution in [0.4, 0.5) is 5.69 Å². The highest BCUT2D eigenvalue weighted by atomic mass is 35.5. The average Bonchev–Trinajstić information content (AvgIpc) is 3.20. The van der Waals surface area contributed by atoms with Crippen LogP contribution in [0.2, 0.25) is 10.0 Å². The Hall–Kier alpha value is -1.31. The van der Waals surface area contributed by atoms with Crippen LogP contribution < -0.4 is 5.32 Å². The lowest BCUT2D eigenvalue weighted by molar-refractivity contribution is -0.115. The molecule has 0 aliphatic heterocycles. The maximum Gasteiger partial charge on any atom is 0.237 e. The first kappa shape index (κ1) is 17.5. The lowest BCUT2D eigenvalue weighted by Gasteiger charge is -2.14. The predicted molar refractivity (Wildman–Crippen MR) is 95.7 cm³/mol. The summed E-state index contributed by atoms with van der Waals surface area (Å²) in [5.74, 6) is -0.162. The van der Waals surface area contributed by atoms with Crippen molar-refractivity contribution in [3.05, 3.63) is 28.2 Å². The molecule has 128 valence electrons. The van der Waals surface area contributed by atoms with Crippen molar-refractivity contribution in [3.8, 4) is 0 Å². The molecular weight excluding hydrogens is 369 g/mol. The van der Waals surface area contributed by atoms with E-state index < -0.39 is 0 Å². The molecule has 1 heterocycles. The number of thioether (sulfide) groups is 1. The summed E-state index contributed by atoms with van der Waals surface area (Å²) < 4.78 is 1.84. The maximum atomic E-state index is 12.4. The van der Waals surface area contributed by atoms with Gasteiger partial charge < -0.3 is 5.32 Å². The number of rotatable bonds is 5. The molecule has 1 aromatic carbocycles. The van der Waals surface area contributed by atoms with Crippen LogP contribution in [0.3, 0.4) is 0 Å². The van der Waals surface area contributed by atoms with E-state index in [1.165, 1.54) is 24.6 Å². The zero-order chi connectivity index (χ0) is 17.1. The Labute approximate surface area is 154 Å². The van der Waals surface area contributed by atoms with Crippen LogP contribution in [0.1, 0.15) is 38.6 Å². The molecule has 1 unspecified atom stereocenters. The average molecular weight is 386 g/mol. The Balaban J connectivity index is 1.65. The normalized spacial score (nSPS) is 16.3. The smallest absolute Gasteiger partial charge is 0.237 e. The lowest BCUT2D eigenvalue weighted by atomic mass is 10.3. The molecule has 1 aliphatic rings. The minimum Gasteiger partial charge on any atom is -0.324 e. The molecule has 3 rings (SSSR count). The van der Waals surface area contributed by atoms with E-state index in [0.29, 0.717) is 26.9 Å². The number of carbonyl (C=O) groups is 1. The van der Waals surface area contributed by atoms with Crippen molar-refractivity contribution in [2.75, 3.05) is 5.32 Å². The van der Waals surface area contributed by atoms with Gasteiger partial charge in [-0.25, -0.2) is 4.68 Å². The van der Waals surface area contributed by atoms with Gasteiger partial charge in [0.2, 0.25) is 11.1 Å². The molecule has 1 aromatic heterocycles. The fourth-order valence-corrected chi connectivity index (χ4v) is 3.99. The molecule has 1 atom stereocenters. The van der Waals surface area contributed by atoms with E-state index in [4.69, 9.17) is 23.2 Å². The van der Waals surface area contributed by atoms with Gasteiger partial charge in [0.05, 0.1) is 22.0 Å². The Morgan fingerprint density at radius 3 is 2.83 bits per heavy atom. The summed E-state index contributed by atoms with van der Waals surface area (Å²) in [6.45, 7) is 1.82. The predicted octanol–water partition coefficient (Wildman–Crippen LogP) is 4.21. The number of benzene rings is 1. The third-order valence-corrected chi connectivity index (χ3v) is 5.57. The number of aromatic nitrogens is 4. The largest absolute Gasteiger partial charge is 0.324 e. The highest BCUT2D eigenvalue weighted by Crippen LogP contribution is 2.33. The van der Waals surface area contributed by atoms with Crippen molar-refractivity contribution in [2.24, 2.45) is 0 Å². The van der Waals surface area contributed by atoms with Crippen molar-refractivity contribution in [1.29, 1.82) is 0 Å². The van der Waals surface area contributed by atoms with Crippen LogP contribution in [-0.2, 0) is 4.79 Å². The van der Waals surface area contributed by atoms with E-state index in [9.17, 15) is 4.79 Å². The third-order valence-electron chi connectivity index (χ3n) is 3.97. The molecule has 1 N–H and O–H groups in total. The fourth-order valence-electron chi connectivity index (χ4n) is 2.68. The Morgan fingerprint density at radius 1 is 1.38 bits per heavy atom. The summed E-state index contributed by atoms with van der Waals surface area (Å²) in [6.07, 6.45) is 4.55. The van der Waals surface area contributed by atoms with Crippen molar-refractivity contribution in [3.63, 3.8) is 0 Å². The zero-order valence-electron chi connectivity index (χ0n) is 13.1. The number of hydrogen-bond donors (Lipinski definition) is 1. The summed E-state index contributed by atoms with van der Waals surface area (Å²) in [6, 6.07) is 5.30. The number of carbonyl (C=O) groups excluding carboxylic acids is 1. The molecule has 0 saturated heterocycles. The molecule has 6 nitrogen and oxygen atoms in total. The maximum absolute atomic E-state index is 12.4. The van der Waals surface area contributed by atoms with Gasteiger partial charge in [0, 0.05) is 5.02 Å². The number of nitrogens with one attached hydrogen (secondary N) is 1. The second kappa shape index (κ2) is 7.72. The zero-order valence-corrected chi connectivity index (χ0v) is 15.4. The van der Waals surface area contributed by atoms with E-state index in [-0.39, 0.29) is 11.2 Å². The molecule has 1 fully saturated rings. The molecular formula is C15H17Cl2N5OS. The quantitative estimate of drug-likeness (QED) is 0.780. The summed E-state index contributed by atoms with van der Waals surface area (Å²) in [7, 11) is 0. The van der Waals surface area contributed by atoms with Gasteiger partial charge in [-0.05, 0) is 48.4 Å². The van der Waals surface area contributed by atoms with Crippen molar-refractivity contribution < 1.29 is 4.79 Å². The summed E-state index contributed by atoms with van der Waals surface area (Å²) in [4.78, 5) is 12.4. The van der Waals surface area contributed by atoms with Crippen LogP contribution in [0, 0.1) is 0 Å². The van der Waals surface area contributed by atoms with Crippen LogP contribution >= 0.6 is 35.0 Å². The Bertz CT molecular complexity index is 732. The molecule has 0 spiro atoms. The van der Waals surface area contributed by atoms with E-state index >= 15 is 0 Å². The van der Waals surface area contributed by atoms with Gasteiger partial charge in [0.1, 0.15) is 0 Å². The number of hydrogen-bond acceptors (Lipinski definition) is 5. The molecule has 0 radical (unpaired) electrons. The molecule has 24 heavy (non-hydrogen) atoms. The summed E-state index contributed by atoms with van der Waals surface area (Å²) in [5, 5.41) is 16.0. The molecule has 1 aliphatic carbocycles. The van der Waals surface area contributed by atoms with Gasteiger partial charge in [-0.3, -0.25) is 4.79 Å². The monoisotopic (exact) mass is 385 g/mol. The molecule has 1 saturated carbocycles. The van der Waals surface area contributed by atoms with E-state index in [1.807, 2.05) is 11.6 Å². The van der Waals surface area contributed by atoms with Crippen LogP contribution in [0.25, 0.3) is 0 Å².